The highest BCUT2D eigenvalue weighted by Gasteiger charge is 2.16. The van der Waals surface area contributed by atoms with Crippen molar-refractivity contribution in [3.8, 4) is 0 Å². The average molecular weight is 406 g/mol. The molecule has 0 saturated carbocycles. The van der Waals surface area contributed by atoms with Gasteiger partial charge in [0.05, 0.1) is 0 Å². The first-order valence-electron chi connectivity index (χ1n) is 10.7. The lowest BCUT2D eigenvalue weighted by atomic mass is 10.1. The van der Waals surface area contributed by atoms with Crippen LogP contribution in [0, 0.1) is 12.8 Å². The summed E-state index contributed by atoms with van der Waals surface area (Å²) in [6, 6.07) is 15.2. The van der Waals surface area contributed by atoms with Crippen LogP contribution in [-0.4, -0.2) is 22.9 Å². The molecule has 0 aliphatic rings. The number of aromatic nitrogens is 1. The molecule has 30 heavy (non-hydrogen) atoms. The van der Waals surface area contributed by atoms with E-state index >= 15 is 0 Å². The monoisotopic (exact) mass is 405 g/mol. The molecule has 0 aliphatic heterocycles. The van der Waals surface area contributed by atoms with E-state index in [1.807, 2.05) is 55.5 Å². The molecular weight excluding hydrogens is 374 g/mol. The highest BCUT2D eigenvalue weighted by molar-refractivity contribution is 6.06. The fourth-order valence-electron chi connectivity index (χ4n) is 3.39. The Kier molecular flexibility index (Phi) is 6.93. The quantitative estimate of drug-likeness (QED) is 0.528. The van der Waals surface area contributed by atoms with Crippen LogP contribution in [0.5, 0.6) is 0 Å². The maximum atomic E-state index is 12.8. The van der Waals surface area contributed by atoms with Crippen LogP contribution in [0.3, 0.4) is 0 Å². The molecule has 0 saturated heterocycles. The molecule has 5 nitrogen and oxygen atoms in total. The van der Waals surface area contributed by atoms with Crippen LogP contribution in [0.15, 0.2) is 48.5 Å². The van der Waals surface area contributed by atoms with E-state index in [2.05, 4.69) is 36.0 Å². The second-order valence-corrected chi connectivity index (χ2v) is 8.23. The lowest BCUT2D eigenvalue weighted by Crippen LogP contribution is -2.29. The number of carbonyl (C=O) groups excluding carboxylic acids is 2. The van der Waals surface area contributed by atoms with Crippen LogP contribution >= 0.6 is 0 Å². The van der Waals surface area contributed by atoms with Gasteiger partial charge in [-0.05, 0) is 55.7 Å². The zero-order valence-corrected chi connectivity index (χ0v) is 18.3. The largest absolute Gasteiger partial charge is 0.351 e. The number of amides is 2. The van der Waals surface area contributed by atoms with E-state index in [9.17, 15) is 9.59 Å². The first-order valence-corrected chi connectivity index (χ1v) is 10.7. The van der Waals surface area contributed by atoms with Crippen LogP contribution in [0.1, 0.15) is 60.0 Å². The predicted octanol–water partition coefficient (Wildman–Crippen LogP) is 5.39. The van der Waals surface area contributed by atoms with Crippen molar-refractivity contribution in [1.82, 2.24) is 9.88 Å². The van der Waals surface area contributed by atoms with Gasteiger partial charge in [-0.25, -0.2) is 0 Å². The molecule has 0 radical (unpaired) electrons. The Bertz CT molecular complexity index is 1030. The number of anilines is 1. The average Bonchev–Trinajstić information content (AvgIpc) is 3.08. The van der Waals surface area contributed by atoms with Gasteiger partial charge in [0, 0.05) is 35.2 Å². The summed E-state index contributed by atoms with van der Waals surface area (Å²) in [6.07, 6.45) is 2.05. The Balaban J connectivity index is 1.88. The third kappa shape index (κ3) is 5.09. The number of carbonyl (C=O) groups is 2. The van der Waals surface area contributed by atoms with Gasteiger partial charge in [-0.3, -0.25) is 9.59 Å². The van der Waals surface area contributed by atoms with Crippen LogP contribution in [0.4, 0.5) is 5.69 Å². The topological polar surface area (TPSA) is 63.1 Å². The Morgan fingerprint density at radius 3 is 2.40 bits per heavy atom. The minimum atomic E-state index is -0.144. The smallest absolute Gasteiger partial charge is 0.267 e. The summed E-state index contributed by atoms with van der Waals surface area (Å²) >= 11 is 0. The molecule has 2 N–H and O–H groups in total. The number of aryl methyl sites for hydroxylation is 2. The first-order chi connectivity index (χ1) is 14.4. The first kappa shape index (κ1) is 21.6. The molecule has 0 atom stereocenters. The summed E-state index contributed by atoms with van der Waals surface area (Å²) in [5.74, 6) is 0.196. The van der Waals surface area contributed by atoms with E-state index < -0.39 is 0 Å². The van der Waals surface area contributed by atoms with Gasteiger partial charge in [-0.15, -0.1) is 0 Å². The van der Waals surface area contributed by atoms with Gasteiger partial charge in [0.25, 0.3) is 11.8 Å². The lowest BCUT2D eigenvalue weighted by Gasteiger charge is -2.12. The summed E-state index contributed by atoms with van der Waals surface area (Å²) in [6.45, 7) is 9.73. The maximum Gasteiger partial charge on any atom is 0.267 e. The molecule has 3 aromatic rings. The molecule has 2 aromatic carbocycles. The number of hydrogen-bond donors (Lipinski definition) is 2. The number of benzene rings is 2. The van der Waals surface area contributed by atoms with Crippen LogP contribution < -0.4 is 10.6 Å². The fourth-order valence-corrected chi connectivity index (χ4v) is 3.39. The molecule has 5 heteroatoms. The molecule has 3 rings (SSSR count). The van der Waals surface area contributed by atoms with Gasteiger partial charge in [0.15, 0.2) is 0 Å². The molecule has 0 spiro atoms. The van der Waals surface area contributed by atoms with Crippen molar-refractivity contribution < 1.29 is 9.59 Å². The molecule has 0 fully saturated rings. The van der Waals surface area contributed by atoms with Crippen LogP contribution in [0.25, 0.3) is 10.9 Å². The SMILES string of the molecule is CCCCn1c(C(=O)NCC(C)C)cc2cc(NC(=O)c3ccc(C)cc3)ccc21. The molecule has 1 heterocycles. The van der Waals surface area contributed by atoms with Gasteiger partial charge < -0.3 is 15.2 Å². The Labute approximate surface area is 178 Å². The maximum absolute atomic E-state index is 12.8. The van der Waals surface area contributed by atoms with E-state index in [0.717, 1.165) is 41.5 Å². The molecule has 0 aliphatic carbocycles. The van der Waals surface area contributed by atoms with Crippen molar-refractivity contribution in [2.45, 2.75) is 47.1 Å². The summed E-state index contributed by atoms with van der Waals surface area (Å²) in [5.41, 5.74) is 4.13. The summed E-state index contributed by atoms with van der Waals surface area (Å²) < 4.78 is 2.08. The molecule has 158 valence electrons. The van der Waals surface area contributed by atoms with Crippen LogP contribution in [-0.2, 0) is 6.54 Å². The van der Waals surface area contributed by atoms with Crippen molar-refractivity contribution in [2.24, 2.45) is 5.92 Å². The molecule has 2 amide bonds. The van der Waals surface area contributed by atoms with Crippen molar-refractivity contribution >= 4 is 28.4 Å². The van der Waals surface area contributed by atoms with Crippen molar-refractivity contribution in [1.29, 1.82) is 0 Å². The molecular formula is C25H31N3O2. The zero-order chi connectivity index (χ0) is 21.7. The van der Waals surface area contributed by atoms with Gasteiger partial charge in [0.2, 0.25) is 0 Å². The predicted molar refractivity (Wildman–Crippen MR) is 123 cm³/mol. The summed E-state index contributed by atoms with van der Waals surface area (Å²) in [7, 11) is 0. The summed E-state index contributed by atoms with van der Waals surface area (Å²) in [4.78, 5) is 25.3. The van der Waals surface area contributed by atoms with E-state index in [-0.39, 0.29) is 11.8 Å². The second-order valence-electron chi connectivity index (χ2n) is 8.23. The third-order valence-corrected chi connectivity index (χ3v) is 5.11. The number of nitrogens with one attached hydrogen (secondary N) is 2. The number of fused-ring (bicyclic) bond motifs is 1. The number of rotatable bonds is 8. The van der Waals surface area contributed by atoms with E-state index in [1.165, 1.54) is 0 Å². The molecule has 0 bridgehead atoms. The molecule has 1 aromatic heterocycles. The number of unbranched alkanes of at least 4 members (excludes halogenated alkanes) is 1. The highest BCUT2D eigenvalue weighted by atomic mass is 16.2. The molecule has 0 unspecified atom stereocenters. The van der Waals surface area contributed by atoms with Crippen LogP contribution in [0.2, 0.25) is 0 Å². The van der Waals surface area contributed by atoms with Crippen molar-refractivity contribution in [3.05, 3.63) is 65.4 Å². The van der Waals surface area contributed by atoms with E-state index in [4.69, 9.17) is 0 Å². The van der Waals surface area contributed by atoms with Crippen molar-refractivity contribution in [2.75, 3.05) is 11.9 Å². The van der Waals surface area contributed by atoms with Gasteiger partial charge >= 0.3 is 0 Å². The normalized spacial score (nSPS) is 11.1. The number of nitrogens with zero attached hydrogens (tertiary/aromatic N) is 1. The Morgan fingerprint density at radius 2 is 1.73 bits per heavy atom. The fraction of sp³-hybridized carbons (Fsp3) is 0.360. The van der Waals surface area contributed by atoms with Gasteiger partial charge in [-0.1, -0.05) is 44.9 Å². The number of hydrogen-bond acceptors (Lipinski definition) is 2. The highest BCUT2D eigenvalue weighted by Crippen LogP contribution is 2.25. The third-order valence-electron chi connectivity index (χ3n) is 5.11. The Hall–Kier alpha value is -3.08. The Morgan fingerprint density at radius 1 is 1.00 bits per heavy atom. The minimum absolute atomic E-state index is 0.0544. The van der Waals surface area contributed by atoms with Gasteiger partial charge in [0.1, 0.15) is 5.69 Å². The second kappa shape index (κ2) is 9.61. The van der Waals surface area contributed by atoms with Crippen molar-refractivity contribution in [3.63, 3.8) is 0 Å². The summed E-state index contributed by atoms with van der Waals surface area (Å²) in [5, 5.41) is 6.93. The van der Waals surface area contributed by atoms with E-state index in [1.54, 1.807) is 0 Å². The zero-order valence-electron chi connectivity index (χ0n) is 18.3. The van der Waals surface area contributed by atoms with E-state index in [0.29, 0.717) is 23.7 Å². The standard InChI is InChI=1S/C25H31N3O2/c1-5-6-13-28-22-12-11-21(27-24(29)19-9-7-18(4)8-10-19)14-20(22)15-23(28)25(30)26-16-17(2)3/h7-12,14-15,17H,5-6,13,16H2,1-4H3,(H,26,30)(H,27,29). The minimum Gasteiger partial charge on any atom is -0.351 e. The lowest BCUT2D eigenvalue weighted by molar-refractivity contribution is 0.0939. The van der Waals surface area contributed by atoms with Gasteiger partial charge in [-0.2, -0.15) is 0 Å².